The summed E-state index contributed by atoms with van der Waals surface area (Å²) < 4.78 is 7.35. The van der Waals surface area contributed by atoms with E-state index < -0.39 is 6.10 Å². The Labute approximate surface area is 213 Å². The molecule has 3 aliphatic heterocycles. The first kappa shape index (κ1) is 22.8. The van der Waals surface area contributed by atoms with E-state index in [4.69, 9.17) is 16.3 Å². The number of hydrogen-bond donors (Lipinski definition) is 1. The quantitative estimate of drug-likeness (QED) is 0.579. The van der Waals surface area contributed by atoms with Crippen LogP contribution in [0.15, 0.2) is 30.5 Å². The Bertz CT molecular complexity index is 1320. The maximum atomic E-state index is 13.1. The number of likely N-dealkylation sites (tertiary alicyclic amines) is 1. The van der Waals surface area contributed by atoms with Crippen LogP contribution in [0, 0.1) is 5.92 Å². The van der Waals surface area contributed by atoms with Crippen LogP contribution in [0.2, 0.25) is 5.02 Å². The van der Waals surface area contributed by atoms with Crippen molar-refractivity contribution in [3.8, 4) is 16.9 Å². The number of halogens is 1. The minimum atomic E-state index is -0.528. The number of piperazine rings is 1. The Balaban J connectivity index is 1.32. The number of benzene rings is 1. The Morgan fingerprint density at radius 1 is 1.23 bits per heavy atom. The molecule has 2 atom stereocenters. The molecule has 6 rings (SSSR count). The molecule has 2 saturated heterocycles. The van der Waals surface area contributed by atoms with Crippen LogP contribution in [0.25, 0.3) is 21.3 Å². The zero-order valence-electron chi connectivity index (χ0n) is 19.6. The second-order valence-corrected chi connectivity index (χ2v) is 11.1. The first-order valence-electron chi connectivity index (χ1n) is 12.1. The summed E-state index contributed by atoms with van der Waals surface area (Å²) in [5.74, 6) is 1.08. The summed E-state index contributed by atoms with van der Waals surface area (Å²) in [4.78, 5) is 35.1. The third-order valence-electron chi connectivity index (χ3n) is 7.17. The lowest BCUT2D eigenvalue weighted by Gasteiger charge is -2.29. The van der Waals surface area contributed by atoms with Gasteiger partial charge in [0.25, 0.3) is 5.91 Å². The summed E-state index contributed by atoms with van der Waals surface area (Å²) in [6.07, 6.45) is 2.69. The van der Waals surface area contributed by atoms with Crippen LogP contribution in [-0.4, -0.2) is 65.4 Å². The number of carbonyl (C=O) groups excluding carboxylic acids is 2. The fraction of sp³-hybridized carbons (Fsp3) is 0.423. The van der Waals surface area contributed by atoms with Gasteiger partial charge in [-0.2, -0.15) is 0 Å². The molecule has 0 saturated carbocycles. The molecule has 1 aromatic carbocycles. The first-order chi connectivity index (χ1) is 17.0. The SMILES string of the molecule is C[C@@H]1CCN(Cc2cc3nccc(-c4cc(Cl)cc5c4O[C@@H](C(=O)N4CCNCC4)C5)c3s2)C1=O. The van der Waals surface area contributed by atoms with Crippen molar-refractivity contribution in [2.45, 2.75) is 32.4 Å². The summed E-state index contributed by atoms with van der Waals surface area (Å²) >= 11 is 8.19. The molecule has 0 unspecified atom stereocenters. The zero-order chi connectivity index (χ0) is 24.1. The van der Waals surface area contributed by atoms with E-state index in [0.29, 0.717) is 31.1 Å². The molecule has 35 heavy (non-hydrogen) atoms. The molecule has 2 aromatic heterocycles. The number of nitrogens with one attached hydrogen (secondary N) is 1. The number of carbonyl (C=O) groups is 2. The summed E-state index contributed by atoms with van der Waals surface area (Å²) in [7, 11) is 0. The van der Waals surface area contributed by atoms with Crippen molar-refractivity contribution in [3.05, 3.63) is 45.9 Å². The third kappa shape index (κ3) is 4.17. The number of pyridine rings is 1. The van der Waals surface area contributed by atoms with Crippen molar-refractivity contribution < 1.29 is 14.3 Å². The van der Waals surface area contributed by atoms with E-state index in [1.807, 2.05) is 34.9 Å². The molecule has 2 fully saturated rings. The second-order valence-electron chi connectivity index (χ2n) is 9.56. The molecule has 0 spiro atoms. The number of aromatic nitrogens is 1. The van der Waals surface area contributed by atoms with Gasteiger partial charge in [0.15, 0.2) is 6.10 Å². The van der Waals surface area contributed by atoms with Gasteiger partial charge in [-0.15, -0.1) is 11.3 Å². The second kappa shape index (κ2) is 9.08. The maximum Gasteiger partial charge on any atom is 0.264 e. The van der Waals surface area contributed by atoms with Crippen molar-refractivity contribution in [2.24, 2.45) is 5.92 Å². The molecule has 0 aliphatic carbocycles. The first-order valence-corrected chi connectivity index (χ1v) is 13.3. The topological polar surface area (TPSA) is 74.8 Å². The smallest absolute Gasteiger partial charge is 0.264 e. The average Bonchev–Trinajstić information content (AvgIpc) is 3.56. The van der Waals surface area contributed by atoms with Crippen LogP contribution in [0.1, 0.15) is 23.8 Å². The Morgan fingerprint density at radius 2 is 2.06 bits per heavy atom. The number of nitrogens with zero attached hydrogens (tertiary/aromatic N) is 3. The lowest BCUT2D eigenvalue weighted by Crippen LogP contribution is -2.50. The summed E-state index contributed by atoms with van der Waals surface area (Å²) in [5, 5.41) is 3.90. The van der Waals surface area contributed by atoms with Gasteiger partial charge in [0.1, 0.15) is 5.75 Å². The summed E-state index contributed by atoms with van der Waals surface area (Å²) in [6, 6.07) is 7.87. The van der Waals surface area contributed by atoms with E-state index in [-0.39, 0.29) is 17.7 Å². The van der Waals surface area contributed by atoms with Gasteiger partial charge in [0.2, 0.25) is 5.91 Å². The van der Waals surface area contributed by atoms with E-state index >= 15 is 0 Å². The molecular weight excluding hydrogens is 484 g/mol. The van der Waals surface area contributed by atoms with Crippen LogP contribution in [0.3, 0.4) is 0 Å². The van der Waals surface area contributed by atoms with Crippen molar-refractivity contribution in [3.63, 3.8) is 0 Å². The predicted molar refractivity (Wildman–Crippen MR) is 137 cm³/mol. The van der Waals surface area contributed by atoms with Crippen molar-refractivity contribution in [1.29, 1.82) is 0 Å². The van der Waals surface area contributed by atoms with Crippen LogP contribution in [-0.2, 0) is 22.6 Å². The van der Waals surface area contributed by atoms with Crippen LogP contribution in [0.4, 0.5) is 0 Å². The van der Waals surface area contributed by atoms with Crippen molar-refractivity contribution >= 4 is 45.0 Å². The molecule has 3 aliphatic rings. The van der Waals surface area contributed by atoms with Gasteiger partial charge >= 0.3 is 0 Å². The fourth-order valence-electron chi connectivity index (χ4n) is 5.27. The monoisotopic (exact) mass is 510 g/mol. The molecule has 2 amide bonds. The number of rotatable bonds is 4. The summed E-state index contributed by atoms with van der Waals surface area (Å²) in [6.45, 7) is 6.41. The van der Waals surface area contributed by atoms with E-state index in [1.54, 1.807) is 17.5 Å². The molecular formula is C26H27ClN4O3S. The summed E-state index contributed by atoms with van der Waals surface area (Å²) in [5.41, 5.74) is 3.72. The van der Waals surface area contributed by atoms with Crippen molar-refractivity contribution in [2.75, 3.05) is 32.7 Å². The Hall–Kier alpha value is -2.68. The number of fused-ring (bicyclic) bond motifs is 2. The lowest BCUT2D eigenvalue weighted by atomic mass is 10.0. The normalized spacial score (nSPS) is 22.1. The number of amides is 2. The van der Waals surface area contributed by atoms with Gasteiger partial charge in [-0.05, 0) is 30.7 Å². The Morgan fingerprint density at radius 3 is 2.83 bits per heavy atom. The van der Waals surface area contributed by atoms with E-state index in [2.05, 4.69) is 16.4 Å². The molecule has 0 radical (unpaired) electrons. The molecule has 0 bridgehead atoms. The minimum Gasteiger partial charge on any atom is -0.479 e. The largest absolute Gasteiger partial charge is 0.479 e. The van der Waals surface area contributed by atoms with Gasteiger partial charge in [0.05, 0.1) is 16.8 Å². The van der Waals surface area contributed by atoms with Gasteiger partial charge in [-0.3, -0.25) is 14.6 Å². The predicted octanol–water partition coefficient (Wildman–Crippen LogP) is 3.72. The molecule has 5 heterocycles. The average molecular weight is 511 g/mol. The van der Waals surface area contributed by atoms with Crippen LogP contribution >= 0.6 is 22.9 Å². The fourth-order valence-corrected chi connectivity index (χ4v) is 6.67. The number of hydrogen-bond acceptors (Lipinski definition) is 6. The highest BCUT2D eigenvalue weighted by Gasteiger charge is 2.35. The van der Waals surface area contributed by atoms with Crippen molar-refractivity contribution in [1.82, 2.24) is 20.1 Å². The highest BCUT2D eigenvalue weighted by molar-refractivity contribution is 7.19. The van der Waals surface area contributed by atoms with E-state index in [9.17, 15) is 9.59 Å². The van der Waals surface area contributed by atoms with E-state index in [1.165, 1.54) is 0 Å². The Kier molecular flexibility index (Phi) is 5.90. The van der Waals surface area contributed by atoms with Gasteiger partial charge in [0, 0.05) is 77.8 Å². The highest BCUT2D eigenvalue weighted by atomic mass is 35.5. The van der Waals surface area contributed by atoms with Gasteiger partial charge in [-0.25, -0.2) is 0 Å². The standard InChI is InChI=1S/C26H27ClN4O3S/c1-15-3-7-31(25(15)32)14-18-13-21-24(35-18)19(2-4-29-21)20-12-17(27)10-16-11-22(34-23(16)20)26(33)30-8-5-28-6-9-30/h2,4,10,12-13,15,22,28H,3,5-9,11,14H2,1H3/t15-,22-/m1/s1. The molecule has 1 N–H and O–H groups in total. The van der Waals surface area contributed by atoms with Gasteiger partial charge < -0.3 is 19.9 Å². The van der Waals surface area contributed by atoms with Crippen LogP contribution < -0.4 is 10.1 Å². The molecule has 7 nitrogen and oxygen atoms in total. The lowest BCUT2D eigenvalue weighted by molar-refractivity contribution is -0.138. The number of ether oxygens (including phenoxy) is 1. The minimum absolute atomic E-state index is 0.0348. The van der Waals surface area contributed by atoms with Crippen LogP contribution in [0.5, 0.6) is 5.75 Å². The van der Waals surface area contributed by atoms with E-state index in [0.717, 1.165) is 63.6 Å². The zero-order valence-corrected chi connectivity index (χ0v) is 21.1. The number of thiophene rings is 1. The highest BCUT2D eigenvalue weighted by Crippen LogP contribution is 2.45. The maximum absolute atomic E-state index is 13.1. The third-order valence-corrected chi connectivity index (χ3v) is 8.53. The molecule has 3 aromatic rings. The van der Waals surface area contributed by atoms with Gasteiger partial charge in [-0.1, -0.05) is 18.5 Å². The molecule has 9 heteroatoms. The molecule has 182 valence electrons.